The highest BCUT2D eigenvalue weighted by Gasteiger charge is 2.14. The van der Waals surface area contributed by atoms with Crippen LogP contribution in [0.4, 0.5) is 0 Å². The first kappa shape index (κ1) is 15.5. The summed E-state index contributed by atoms with van der Waals surface area (Å²) in [4.78, 5) is 0.142. The second kappa shape index (κ2) is 5.87. The Kier molecular flexibility index (Phi) is 4.34. The fourth-order valence-corrected chi connectivity index (χ4v) is 3.00. The molecule has 0 heterocycles. The highest BCUT2D eigenvalue weighted by atomic mass is 32.2. The molecule has 2 aromatic carbocycles. The fourth-order valence-electron chi connectivity index (χ4n) is 2.15. The zero-order valence-electron chi connectivity index (χ0n) is 12.4. The topological polar surface area (TPSA) is 69.4 Å². The molecule has 112 valence electrons. The van der Waals surface area contributed by atoms with Gasteiger partial charge in [0.1, 0.15) is 12.4 Å². The van der Waals surface area contributed by atoms with Crippen LogP contribution in [0.15, 0.2) is 41.3 Å². The van der Waals surface area contributed by atoms with Gasteiger partial charge in [0.2, 0.25) is 10.0 Å². The van der Waals surface area contributed by atoms with Gasteiger partial charge in [-0.3, -0.25) is 0 Å². The molecule has 0 bridgehead atoms. The lowest BCUT2D eigenvalue weighted by atomic mass is 10.1. The van der Waals surface area contributed by atoms with E-state index in [1.165, 1.54) is 0 Å². The van der Waals surface area contributed by atoms with Gasteiger partial charge in [-0.25, -0.2) is 13.6 Å². The van der Waals surface area contributed by atoms with Crippen molar-refractivity contribution in [3.05, 3.63) is 58.7 Å². The summed E-state index contributed by atoms with van der Waals surface area (Å²) in [5.74, 6) is 0.670. The SMILES string of the molecule is Cc1ccccc1COc1cc(C)c(S(N)(=O)=O)cc1C. The molecule has 2 rings (SSSR count). The van der Waals surface area contributed by atoms with Crippen LogP contribution in [-0.4, -0.2) is 8.42 Å². The van der Waals surface area contributed by atoms with Crippen molar-refractivity contribution in [3.63, 3.8) is 0 Å². The molecule has 0 amide bonds. The zero-order chi connectivity index (χ0) is 15.6. The maximum atomic E-state index is 11.5. The number of nitrogens with two attached hydrogens (primary N) is 1. The lowest BCUT2D eigenvalue weighted by Gasteiger charge is -2.13. The smallest absolute Gasteiger partial charge is 0.238 e. The molecular formula is C16H19NO3S. The summed E-state index contributed by atoms with van der Waals surface area (Å²) in [6.45, 7) is 5.99. The Morgan fingerprint density at radius 3 is 2.29 bits per heavy atom. The van der Waals surface area contributed by atoms with Crippen molar-refractivity contribution in [2.75, 3.05) is 0 Å². The van der Waals surface area contributed by atoms with Crippen LogP contribution in [0.3, 0.4) is 0 Å². The second-order valence-electron chi connectivity index (χ2n) is 5.14. The standard InChI is InChI=1S/C16H19NO3S/c1-11-6-4-5-7-14(11)10-20-15-8-13(3)16(9-12(15)2)21(17,18)19/h4-9H,10H2,1-3H3,(H2,17,18,19). The van der Waals surface area contributed by atoms with Crippen molar-refractivity contribution in [3.8, 4) is 5.75 Å². The third kappa shape index (κ3) is 3.62. The number of hydrogen-bond donors (Lipinski definition) is 1. The molecule has 5 heteroatoms. The number of primary sulfonamides is 1. The van der Waals surface area contributed by atoms with E-state index in [-0.39, 0.29) is 4.90 Å². The summed E-state index contributed by atoms with van der Waals surface area (Å²) in [6.07, 6.45) is 0. The summed E-state index contributed by atoms with van der Waals surface area (Å²) in [7, 11) is -3.70. The molecule has 0 spiro atoms. The minimum Gasteiger partial charge on any atom is -0.489 e. The summed E-state index contributed by atoms with van der Waals surface area (Å²) in [5.41, 5.74) is 3.60. The van der Waals surface area contributed by atoms with Crippen LogP contribution in [0.5, 0.6) is 5.75 Å². The van der Waals surface area contributed by atoms with Crippen molar-refractivity contribution in [2.45, 2.75) is 32.3 Å². The molecule has 2 N–H and O–H groups in total. The maximum Gasteiger partial charge on any atom is 0.238 e. The quantitative estimate of drug-likeness (QED) is 0.944. The van der Waals surface area contributed by atoms with Gasteiger partial charge in [-0.1, -0.05) is 24.3 Å². The molecule has 0 unspecified atom stereocenters. The minimum absolute atomic E-state index is 0.142. The van der Waals surface area contributed by atoms with Crippen LogP contribution in [0, 0.1) is 20.8 Å². The Bertz CT molecular complexity index is 767. The van der Waals surface area contributed by atoms with Gasteiger partial charge in [0.15, 0.2) is 0 Å². The molecule has 0 atom stereocenters. The Morgan fingerprint density at radius 2 is 1.67 bits per heavy atom. The van der Waals surface area contributed by atoms with E-state index in [2.05, 4.69) is 0 Å². The lowest BCUT2D eigenvalue weighted by Crippen LogP contribution is -2.14. The molecule has 0 aliphatic rings. The molecular weight excluding hydrogens is 286 g/mol. The first-order chi connectivity index (χ1) is 9.79. The zero-order valence-corrected chi connectivity index (χ0v) is 13.2. The van der Waals surface area contributed by atoms with Crippen molar-refractivity contribution in [1.29, 1.82) is 0 Å². The molecule has 21 heavy (non-hydrogen) atoms. The minimum atomic E-state index is -3.70. The van der Waals surface area contributed by atoms with Gasteiger partial charge in [0, 0.05) is 0 Å². The molecule has 0 fully saturated rings. The molecule has 0 aliphatic carbocycles. The van der Waals surface area contributed by atoms with E-state index in [4.69, 9.17) is 9.88 Å². The number of aryl methyl sites for hydroxylation is 3. The number of sulfonamides is 1. The van der Waals surface area contributed by atoms with Gasteiger partial charge in [0.05, 0.1) is 4.90 Å². The predicted molar refractivity (Wildman–Crippen MR) is 82.8 cm³/mol. The molecule has 0 aliphatic heterocycles. The predicted octanol–water partition coefficient (Wildman–Crippen LogP) is 2.84. The van der Waals surface area contributed by atoms with Gasteiger partial charge in [-0.15, -0.1) is 0 Å². The van der Waals surface area contributed by atoms with Crippen LogP contribution in [0.25, 0.3) is 0 Å². The van der Waals surface area contributed by atoms with Gasteiger partial charge >= 0.3 is 0 Å². The van der Waals surface area contributed by atoms with Crippen molar-refractivity contribution < 1.29 is 13.2 Å². The number of hydrogen-bond acceptors (Lipinski definition) is 3. The highest BCUT2D eigenvalue weighted by molar-refractivity contribution is 7.89. The van der Waals surface area contributed by atoms with Gasteiger partial charge < -0.3 is 4.74 Å². The maximum absolute atomic E-state index is 11.5. The number of benzene rings is 2. The summed E-state index contributed by atoms with van der Waals surface area (Å²) < 4.78 is 28.8. The summed E-state index contributed by atoms with van der Waals surface area (Å²) >= 11 is 0. The van der Waals surface area contributed by atoms with E-state index in [1.807, 2.05) is 31.2 Å². The van der Waals surface area contributed by atoms with Crippen LogP contribution in [0.1, 0.15) is 22.3 Å². The Labute approximate surface area is 125 Å². The first-order valence-corrected chi connectivity index (χ1v) is 8.15. The van der Waals surface area contributed by atoms with Crippen molar-refractivity contribution in [2.24, 2.45) is 5.14 Å². The number of rotatable bonds is 4. The largest absolute Gasteiger partial charge is 0.489 e. The van der Waals surface area contributed by atoms with E-state index in [9.17, 15) is 8.42 Å². The van der Waals surface area contributed by atoms with Crippen molar-refractivity contribution >= 4 is 10.0 Å². The average Bonchev–Trinajstić information content (AvgIpc) is 2.39. The molecule has 0 saturated heterocycles. The van der Waals surface area contributed by atoms with Crippen LogP contribution in [-0.2, 0) is 16.6 Å². The van der Waals surface area contributed by atoms with E-state index >= 15 is 0 Å². The van der Waals surface area contributed by atoms with E-state index in [0.717, 1.165) is 16.7 Å². The molecule has 0 aromatic heterocycles. The Hall–Kier alpha value is -1.85. The highest BCUT2D eigenvalue weighted by Crippen LogP contribution is 2.26. The van der Waals surface area contributed by atoms with Crippen LogP contribution >= 0.6 is 0 Å². The number of ether oxygens (including phenoxy) is 1. The van der Waals surface area contributed by atoms with Crippen LogP contribution in [0.2, 0.25) is 0 Å². The molecule has 2 aromatic rings. The van der Waals surface area contributed by atoms with Crippen molar-refractivity contribution in [1.82, 2.24) is 0 Å². The third-order valence-electron chi connectivity index (χ3n) is 3.42. The van der Waals surface area contributed by atoms with E-state index in [0.29, 0.717) is 17.9 Å². The van der Waals surface area contributed by atoms with Gasteiger partial charge in [-0.2, -0.15) is 0 Å². The van der Waals surface area contributed by atoms with Gasteiger partial charge in [-0.05, 0) is 55.2 Å². The summed E-state index contributed by atoms with van der Waals surface area (Å²) in [6, 6.07) is 11.3. The van der Waals surface area contributed by atoms with Gasteiger partial charge in [0.25, 0.3) is 0 Å². The molecule has 4 nitrogen and oxygen atoms in total. The Morgan fingerprint density at radius 1 is 1.00 bits per heavy atom. The summed E-state index contributed by atoms with van der Waals surface area (Å²) in [5, 5.41) is 5.19. The van der Waals surface area contributed by atoms with Crippen LogP contribution < -0.4 is 9.88 Å². The Balaban J connectivity index is 2.26. The first-order valence-electron chi connectivity index (χ1n) is 6.60. The monoisotopic (exact) mass is 305 g/mol. The third-order valence-corrected chi connectivity index (χ3v) is 4.48. The normalized spacial score (nSPS) is 11.4. The fraction of sp³-hybridized carbons (Fsp3) is 0.250. The van der Waals surface area contributed by atoms with E-state index in [1.54, 1.807) is 26.0 Å². The van der Waals surface area contributed by atoms with E-state index < -0.39 is 10.0 Å². The lowest BCUT2D eigenvalue weighted by molar-refractivity contribution is 0.303. The average molecular weight is 305 g/mol. The second-order valence-corrected chi connectivity index (χ2v) is 6.67. The molecule has 0 saturated carbocycles. The molecule has 0 radical (unpaired) electrons.